The second kappa shape index (κ2) is 25.5. The van der Waals surface area contributed by atoms with Gasteiger partial charge in [-0.2, -0.15) is 0 Å². The molecule has 0 fully saturated rings. The van der Waals surface area contributed by atoms with Gasteiger partial charge in [0, 0.05) is 38.6 Å². The van der Waals surface area contributed by atoms with Crippen molar-refractivity contribution in [3.8, 4) is 69.0 Å². The van der Waals surface area contributed by atoms with Gasteiger partial charge in [0.2, 0.25) is 0 Å². The molecule has 1 aliphatic rings. The number of hydrogen-bond donors (Lipinski definition) is 13. The number of phenolic OH excluding ortho intramolecular Hbond substituents is 12. The summed E-state index contributed by atoms with van der Waals surface area (Å²) in [7, 11) is 0. The van der Waals surface area contributed by atoms with Gasteiger partial charge >= 0.3 is 59.1 Å². The van der Waals surface area contributed by atoms with Crippen LogP contribution in [0.1, 0.15) is 74.8 Å². The van der Waals surface area contributed by atoms with Crippen molar-refractivity contribution in [2.75, 3.05) is 0 Å². The van der Waals surface area contributed by atoms with E-state index in [4.69, 9.17) is 10.2 Å². The van der Waals surface area contributed by atoms with Crippen molar-refractivity contribution in [2.45, 2.75) is 37.7 Å². The number of fused-ring (bicyclic) bond motifs is 1. The Bertz CT molecular complexity index is 2630. The van der Waals surface area contributed by atoms with Crippen LogP contribution in [0.25, 0.3) is 6.08 Å². The minimum Gasteiger partial charge on any atom is -1.00 e. The summed E-state index contributed by atoms with van der Waals surface area (Å²) in [6, 6.07) is 23.4. The monoisotopic (exact) mass is 909 g/mol. The Hall–Kier alpha value is -6.02. The molecule has 16 nitrogen and oxygen atoms in total. The molecule has 7 rings (SSSR count). The van der Waals surface area contributed by atoms with E-state index in [-0.39, 0.29) is 173 Å². The number of ketones is 2. The summed E-state index contributed by atoms with van der Waals surface area (Å²) in [5.41, 5.74) is 3.25. The van der Waals surface area contributed by atoms with E-state index in [0.29, 0.717) is 36.0 Å². The second-order valence-electron chi connectivity index (χ2n) is 14.0. The van der Waals surface area contributed by atoms with Crippen molar-refractivity contribution < 1.29 is 142 Å². The average molecular weight is 910 g/mol. The second-order valence-corrected chi connectivity index (χ2v) is 14.0. The number of hydrogen-bond acceptors (Lipinski definition) is 16. The molecule has 2 unspecified atom stereocenters. The van der Waals surface area contributed by atoms with Crippen LogP contribution < -0.4 is 59.1 Å². The Morgan fingerprint density at radius 3 is 1.72 bits per heavy atom. The number of benzene rings is 6. The zero-order valence-electron chi connectivity index (χ0n) is 36.1. The number of aliphatic hydroxyl groups is 1. The molecule has 0 aromatic heterocycles. The summed E-state index contributed by atoms with van der Waals surface area (Å²) in [4.78, 5) is 24.1. The normalized spacial score (nSPS) is 12.8. The summed E-state index contributed by atoms with van der Waals surface area (Å²) < 4.78 is 0. The first kappa shape index (κ1) is 57.0. The van der Waals surface area contributed by atoms with Crippen molar-refractivity contribution in [3.05, 3.63) is 148 Å². The van der Waals surface area contributed by atoms with Crippen LogP contribution in [0.2, 0.25) is 0 Å². The fraction of sp³-hybridized carbons (Fsp3) is 0.130. The molecule has 0 saturated carbocycles. The van der Waals surface area contributed by atoms with Crippen LogP contribution in [0.3, 0.4) is 0 Å². The van der Waals surface area contributed by atoms with Gasteiger partial charge in [0.25, 0.3) is 0 Å². The first-order chi connectivity index (χ1) is 28.9. The SMILES string of the molecule is O=C(/C=C/c1ccc(O)c(O)c1)c1ccc(O)cc1O.O=C1CC(c2ccc(O)c(O)c2)Cc2cc(O)cc(O)c21.Oc1ccc(C(O)CCc2ccc(O)c(O)c2)c(O)c1.[B].[H-].[Na+].[Na+].[OH-]. The van der Waals surface area contributed by atoms with E-state index in [1.165, 1.54) is 91.0 Å². The van der Waals surface area contributed by atoms with Crippen molar-refractivity contribution >= 4 is 26.1 Å². The molecule has 3 radical (unpaired) electrons. The van der Waals surface area contributed by atoms with E-state index < -0.39 is 11.9 Å². The first-order valence-corrected chi connectivity index (χ1v) is 18.5. The molecule has 0 heterocycles. The van der Waals surface area contributed by atoms with Gasteiger partial charge in [-0.05, 0) is 120 Å². The molecule has 19 heteroatoms. The Kier molecular flexibility index (Phi) is 22.3. The maximum absolute atomic E-state index is 12.2. The molecule has 329 valence electrons. The minimum atomic E-state index is -0.883. The number of allylic oxidation sites excluding steroid dienone is 1. The van der Waals surface area contributed by atoms with Gasteiger partial charge in [0.05, 0.1) is 17.2 Å². The van der Waals surface area contributed by atoms with Crippen molar-refractivity contribution in [1.29, 1.82) is 0 Å². The predicted octanol–water partition coefficient (Wildman–Crippen LogP) is 0.565. The molecule has 14 N–H and O–H groups in total. The Morgan fingerprint density at radius 2 is 1.14 bits per heavy atom. The van der Waals surface area contributed by atoms with Crippen LogP contribution >= 0.6 is 0 Å². The number of aryl methyl sites for hydroxylation is 1. The van der Waals surface area contributed by atoms with E-state index in [2.05, 4.69) is 0 Å². The molecule has 0 aliphatic heterocycles. The fourth-order valence-corrected chi connectivity index (χ4v) is 6.48. The first-order valence-electron chi connectivity index (χ1n) is 18.5. The third-order valence-electron chi connectivity index (χ3n) is 9.62. The molecule has 6 aromatic rings. The van der Waals surface area contributed by atoms with E-state index in [9.17, 15) is 65.8 Å². The molecule has 6 aromatic carbocycles. The Balaban J connectivity index is 0.000000926. The van der Waals surface area contributed by atoms with Crippen LogP contribution in [0.15, 0.2) is 109 Å². The van der Waals surface area contributed by atoms with Crippen molar-refractivity contribution in [3.63, 3.8) is 0 Å². The molecule has 1 aliphatic carbocycles. The summed E-state index contributed by atoms with van der Waals surface area (Å²) >= 11 is 0. The van der Waals surface area contributed by atoms with E-state index >= 15 is 0 Å². The minimum absolute atomic E-state index is 0. The summed E-state index contributed by atoms with van der Waals surface area (Å²) in [6.07, 6.45) is 3.25. The van der Waals surface area contributed by atoms with Crippen molar-refractivity contribution in [1.82, 2.24) is 0 Å². The zero-order valence-corrected chi connectivity index (χ0v) is 39.1. The summed E-state index contributed by atoms with van der Waals surface area (Å²) in [6.45, 7) is 0. The number of carbonyl (C=O) groups excluding carboxylic acids is 2. The van der Waals surface area contributed by atoms with Crippen LogP contribution in [0.4, 0.5) is 0 Å². The molecular weight excluding hydrogens is 865 g/mol. The molecule has 0 saturated heterocycles. The fourth-order valence-electron chi connectivity index (χ4n) is 6.48. The number of aromatic hydroxyl groups is 12. The smallest absolute Gasteiger partial charge is 1.00 e. The topological polar surface area (TPSA) is 327 Å². The van der Waals surface area contributed by atoms with Crippen LogP contribution in [0.5, 0.6) is 69.0 Å². The number of Topliss-reactive ketones (excluding diaryl/α,β-unsaturated/α-hetero) is 1. The van der Waals surface area contributed by atoms with Crippen LogP contribution in [-0.2, 0) is 12.8 Å². The van der Waals surface area contributed by atoms with Gasteiger partial charge in [0.15, 0.2) is 46.1 Å². The van der Waals surface area contributed by atoms with Crippen LogP contribution in [0, 0.1) is 0 Å². The molecule has 65 heavy (non-hydrogen) atoms. The molecular formula is C46H44BNa2O16. The number of phenols is 12. The van der Waals surface area contributed by atoms with Gasteiger partial charge in [-0.1, -0.05) is 24.3 Å². The zero-order chi connectivity index (χ0) is 44.5. The third kappa shape index (κ3) is 15.3. The standard InChI is InChI=1S/C16H14O5.C15H16O5.C15H12O5.B.2Na.H2O.H/c17-11-4-10-3-9(6-14(20)16(10)15(21)7-11)8-1-2-12(18)13(19)5-8;2*16-10-3-4-11(14(19)8-10)12(17)5-1-9-2-6-13(18)15(20)7-9;;;;;/h1-2,4-5,7,9,17-19,21H,3,6H2;2-4,6-8,12,16-20H,1,5H2;1-8,16,18-20H;;;;1H2;/q;;;;2*+1;;-1/p-1/b;;5-1+;;;;;. The quantitative estimate of drug-likeness (QED) is 0.0430. The Morgan fingerprint density at radius 1 is 0.585 bits per heavy atom. The number of rotatable bonds is 8. The van der Waals surface area contributed by atoms with Gasteiger partial charge in [0.1, 0.15) is 34.5 Å². The molecule has 2 atom stereocenters. The predicted molar refractivity (Wildman–Crippen MR) is 229 cm³/mol. The van der Waals surface area contributed by atoms with Gasteiger partial charge in [-0.3, -0.25) is 9.59 Å². The van der Waals surface area contributed by atoms with E-state index in [1.54, 1.807) is 12.1 Å². The number of aliphatic hydroxyl groups excluding tert-OH is 1. The largest absolute Gasteiger partial charge is 1.00 e. The summed E-state index contributed by atoms with van der Waals surface area (Å²) in [5, 5.41) is 123. The molecule has 0 bridgehead atoms. The van der Waals surface area contributed by atoms with E-state index in [0.717, 1.165) is 23.3 Å². The van der Waals surface area contributed by atoms with Crippen molar-refractivity contribution in [2.24, 2.45) is 0 Å². The molecule has 0 spiro atoms. The van der Waals surface area contributed by atoms with Gasteiger partial charge in [-0.15, -0.1) is 0 Å². The van der Waals surface area contributed by atoms with Gasteiger partial charge in [-0.25, -0.2) is 0 Å². The summed E-state index contributed by atoms with van der Waals surface area (Å²) in [5.74, 6) is -3.16. The third-order valence-corrected chi connectivity index (χ3v) is 9.62. The maximum atomic E-state index is 12.2. The van der Waals surface area contributed by atoms with Crippen LogP contribution in [-0.4, -0.2) is 91.8 Å². The van der Waals surface area contributed by atoms with Gasteiger partial charge < -0.3 is 73.3 Å². The average Bonchev–Trinajstić information content (AvgIpc) is 3.19. The number of carbonyl (C=O) groups is 2. The Labute approximate surface area is 419 Å². The molecule has 0 amide bonds. The van der Waals surface area contributed by atoms with E-state index in [1.807, 2.05) is 0 Å². The maximum Gasteiger partial charge on any atom is 1.00 e.